The Morgan fingerprint density at radius 2 is 1.65 bits per heavy atom. The Bertz CT molecular complexity index is 635. The van der Waals surface area contributed by atoms with E-state index < -0.39 is 5.60 Å². The van der Waals surface area contributed by atoms with Gasteiger partial charge in [0.25, 0.3) is 0 Å². The molecule has 0 heterocycles. The van der Waals surface area contributed by atoms with E-state index in [4.69, 9.17) is 0 Å². The minimum atomic E-state index is -0.953. The summed E-state index contributed by atoms with van der Waals surface area (Å²) in [5, 5.41) is 41.1. The molecule has 0 amide bonds. The van der Waals surface area contributed by atoms with Crippen LogP contribution < -0.4 is 0 Å². The maximum Gasteiger partial charge on any atom is 0.0849 e. The number of hydrogen-bond acceptors (Lipinski definition) is 4. The second kappa shape index (κ2) is 8.56. The lowest BCUT2D eigenvalue weighted by Gasteiger charge is -2.62. The highest BCUT2D eigenvalue weighted by molar-refractivity contribution is 5.11. The summed E-state index contributed by atoms with van der Waals surface area (Å²) in [7, 11) is 0. The zero-order chi connectivity index (χ0) is 22.6. The van der Waals surface area contributed by atoms with E-state index in [2.05, 4.69) is 20.8 Å². The highest BCUT2D eigenvalue weighted by atomic mass is 16.3. The number of aliphatic hydroxyl groups is 4. The van der Waals surface area contributed by atoms with Gasteiger partial charge in [0, 0.05) is 0 Å². The summed E-state index contributed by atoms with van der Waals surface area (Å²) < 4.78 is 0. The fraction of sp³-hybridized carbons (Fsp3) is 1.00. The maximum atomic E-state index is 11.4. The Hall–Kier alpha value is -0.160. The monoisotopic (exact) mass is 436 g/mol. The van der Waals surface area contributed by atoms with E-state index >= 15 is 0 Å². The van der Waals surface area contributed by atoms with Crippen molar-refractivity contribution >= 4 is 0 Å². The first-order valence-corrected chi connectivity index (χ1v) is 13.2. The Balaban J connectivity index is 1.46. The van der Waals surface area contributed by atoms with Crippen LogP contribution in [0.15, 0.2) is 0 Å². The van der Waals surface area contributed by atoms with Gasteiger partial charge < -0.3 is 20.4 Å². The van der Waals surface area contributed by atoms with E-state index in [9.17, 15) is 20.4 Å². The number of hydrogen-bond donors (Lipinski definition) is 4. The minimum absolute atomic E-state index is 0.164. The van der Waals surface area contributed by atoms with Crippen molar-refractivity contribution in [2.24, 2.45) is 46.3 Å². The topological polar surface area (TPSA) is 80.9 Å². The molecule has 4 nitrogen and oxygen atoms in total. The van der Waals surface area contributed by atoms with Crippen molar-refractivity contribution < 1.29 is 20.4 Å². The molecule has 0 aromatic carbocycles. The molecular weight excluding hydrogens is 388 g/mol. The Morgan fingerprint density at radius 1 is 0.968 bits per heavy atom. The fourth-order valence-electron chi connectivity index (χ4n) is 9.26. The molecule has 0 bridgehead atoms. The van der Waals surface area contributed by atoms with Gasteiger partial charge in [0.05, 0.1) is 24.4 Å². The molecule has 0 spiro atoms. The highest BCUT2D eigenvalue weighted by Gasteiger charge is 2.62. The van der Waals surface area contributed by atoms with Gasteiger partial charge >= 0.3 is 0 Å². The van der Waals surface area contributed by atoms with Gasteiger partial charge in [-0.1, -0.05) is 33.6 Å². The minimum Gasteiger partial charge on any atom is -0.393 e. The van der Waals surface area contributed by atoms with E-state index in [1.807, 2.05) is 0 Å². The lowest BCUT2D eigenvalue weighted by molar-refractivity contribution is -0.174. The van der Waals surface area contributed by atoms with Crippen molar-refractivity contribution in [1.29, 1.82) is 0 Å². The lowest BCUT2D eigenvalue weighted by atomic mass is 9.43. The summed E-state index contributed by atoms with van der Waals surface area (Å²) in [5.41, 5.74) is -0.339. The van der Waals surface area contributed by atoms with E-state index in [-0.39, 0.29) is 18.8 Å². The molecule has 4 aliphatic carbocycles. The maximum absolute atomic E-state index is 11.4. The fourth-order valence-corrected chi connectivity index (χ4v) is 9.26. The summed E-state index contributed by atoms with van der Waals surface area (Å²) in [5.74, 6) is 3.47. The predicted octanol–water partition coefficient (Wildman–Crippen LogP) is 4.53. The molecule has 0 aromatic heterocycles. The third kappa shape index (κ3) is 4.13. The van der Waals surface area contributed by atoms with Crippen LogP contribution >= 0.6 is 0 Å². The van der Waals surface area contributed by atoms with Crippen LogP contribution in [0.5, 0.6) is 0 Å². The average Bonchev–Trinajstić information content (AvgIpc) is 3.06. The third-order valence-corrected chi connectivity index (χ3v) is 11.1. The molecule has 0 radical (unpaired) electrons. The van der Waals surface area contributed by atoms with Crippen molar-refractivity contribution in [1.82, 2.24) is 0 Å². The van der Waals surface area contributed by atoms with Crippen LogP contribution in [-0.4, -0.2) is 44.8 Å². The van der Waals surface area contributed by atoms with Crippen molar-refractivity contribution in [2.45, 2.75) is 116 Å². The van der Waals surface area contributed by atoms with E-state index in [0.29, 0.717) is 52.8 Å². The normalized spacial score (nSPS) is 50.1. The quantitative estimate of drug-likeness (QED) is 0.493. The SMILES string of the molecule is C[C@H](CCCC(C)(O)CO)[C@H]1CC[C@H]2[C@@H]3[C@H](O)C[C@@H]4C[C@H](O)CC[C@]4(C)[C@H]3CC[C@]12C. The average molecular weight is 437 g/mol. The number of rotatable bonds is 6. The zero-order valence-corrected chi connectivity index (χ0v) is 20.4. The van der Waals surface area contributed by atoms with Crippen molar-refractivity contribution in [3.8, 4) is 0 Å². The number of aliphatic hydroxyl groups excluding tert-OH is 3. The van der Waals surface area contributed by atoms with E-state index in [0.717, 1.165) is 38.5 Å². The van der Waals surface area contributed by atoms with Crippen molar-refractivity contribution in [3.05, 3.63) is 0 Å². The summed E-state index contributed by atoms with van der Waals surface area (Å²) >= 11 is 0. The van der Waals surface area contributed by atoms with Crippen LogP contribution in [0.3, 0.4) is 0 Å². The Morgan fingerprint density at radius 3 is 2.35 bits per heavy atom. The molecule has 0 aliphatic heterocycles. The van der Waals surface area contributed by atoms with Gasteiger partial charge in [-0.15, -0.1) is 0 Å². The first-order valence-electron chi connectivity index (χ1n) is 13.2. The molecular formula is C27H48O4. The standard InChI is InChI=1S/C27H48O4/c1-17(6-5-11-25(2,31)16-28)20-7-8-21-24-22(10-13-27(20,21)4)26(3)12-9-19(29)14-18(26)15-23(24)30/h17-24,28-31H,5-16H2,1-4H3/t17-,18+,19-,20-,21+,22+,23-,24+,25?,26+,27-/m1/s1. The van der Waals surface area contributed by atoms with Gasteiger partial charge in [-0.3, -0.25) is 0 Å². The van der Waals surface area contributed by atoms with Crippen LogP contribution in [0.25, 0.3) is 0 Å². The van der Waals surface area contributed by atoms with Gasteiger partial charge in [0.2, 0.25) is 0 Å². The predicted molar refractivity (Wildman–Crippen MR) is 123 cm³/mol. The lowest BCUT2D eigenvalue weighted by Crippen LogP contribution is -2.58. The molecule has 1 unspecified atom stereocenters. The first-order chi connectivity index (χ1) is 14.5. The summed E-state index contributed by atoms with van der Waals surface area (Å²) in [6.07, 6.45) is 11.2. The third-order valence-electron chi connectivity index (χ3n) is 11.1. The molecule has 4 N–H and O–H groups in total. The Labute approximate surface area is 189 Å². The first kappa shape index (κ1) is 24.0. The van der Waals surface area contributed by atoms with Crippen molar-refractivity contribution in [3.63, 3.8) is 0 Å². The van der Waals surface area contributed by atoms with Crippen LogP contribution in [0.2, 0.25) is 0 Å². The number of fused-ring (bicyclic) bond motifs is 5. The van der Waals surface area contributed by atoms with Crippen molar-refractivity contribution in [2.75, 3.05) is 6.61 Å². The second-order valence-electron chi connectivity index (χ2n) is 13.0. The van der Waals surface area contributed by atoms with Crippen LogP contribution in [0.1, 0.15) is 98.3 Å². The Kier molecular flexibility index (Phi) is 6.62. The van der Waals surface area contributed by atoms with E-state index in [1.165, 1.54) is 25.7 Å². The smallest absolute Gasteiger partial charge is 0.0849 e. The van der Waals surface area contributed by atoms with Crippen LogP contribution in [0.4, 0.5) is 0 Å². The molecule has 4 aliphatic rings. The van der Waals surface area contributed by atoms with Gasteiger partial charge in [-0.2, -0.15) is 0 Å². The second-order valence-corrected chi connectivity index (χ2v) is 13.0. The van der Waals surface area contributed by atoms with Gasteiger partial charge in [-0.05, 0) is 111 Å². The molecule has 4 saturated carbocycles. The summed E-state index contributed by atoms with van der Waals surface area (Å²) in [6.45, 7) is 8.97. The van der Waals surface area contributed by atoms with Gasteiger partial charge in [-0.25, -0.2) is 0 Å². The molecule has 0 aromatic rings. The molecule has 31 heavy (non-hydrogen) atoms. The van der Waals surface area contributed by atoms with Gasteiger partial charge in [0.1, 0.15) is 0 Å². The van der Waals surface area contributed by atoms with Crippen LogP contribution in [0, 0.1) is 46.3 Å². The molecule has 11 atom stereocenters. The zero-order valence-electron chi connectivity index (χ0n) is 20.4. The molecule has 4 rings (SSSR count). The molecule has 4 fully saturated rings. The molecule has 180 valence electrons. The highest BCUT2D eigenvalue weighted by Crippen LogP contribution is 2.68. The largest absolute Gasteiger partial charge is 0.393 e. The summed E-state index contributed by atoms with van der Waals surface area (Å²) in [6, 6.07) is 0. The molecule has 4 heteroatoms. The molecule has 0 saturated heterocycles. The van der Waals surface area contributed by atoms with E-state index in [1.54, 1.807) is 6.92 Å². The van der Waals surface area contributed by atoms with Gasteiger partial charge in [0.15, 0.2) is 0 Å². The summed E-state index contributed by atoms with van der Waals surface area (Å²) in [4.78, 5) is 0. The van der Waals surface area contributed by atoms with Crippen LogP contribution in [-0.2, 0) is 0 Å².